The molecule has 0 radical (unpaired) electrons. The summed E-state index contributed by atoms with van der Waals surface area (Å²) in [5, 5.41) is 20.4. The van der Waals surface area contributed by atoms with E-state index in [9.17, 15) is 14.7 Å². The molecule has 0 saturated heterocycles. The number of carboxylic acid groups (broad SMARTS) is 1. The third-order valence-corrected chi connectivity index (χ3v) is 2.80. The molecule has 5 nitrogen and oxygen atoms in total. The molecule has 0 spiro atoms. The molecular formula is C9H17NO4S. The van der Waals surface area contributed by atoms with Crippen molar-refractivity contribution in [1.29, 1.82) is 0 Å². The molecule has 1 unspecified atom stereocenters. The summed E-state index contributed by atoms with van der Waals surface area (Å²) in [4.78, 5) is 21.3. The molecule has 0 rings (SSSR count). The van der Waals surface area contributed by atoms with Crippen molar-refractivity contribution in [2.75, 3.05) is 18.1 Å². The number of carbonyl (C=O) groups is 2. The first-order valence-corrected chi connectivity index (χ1v) is 5.81. The van der Waals surface area contributed by atoms with Crippen molar-refractivity contribution in [2.45, 2.75) is 25.9 Å². The molecule has 0 aliphatic rings. The lowest BCUT2D eigenvalue weighted by Crippen LogP contribution is -2.40. The normalized spacial score (nSPS) is 14.3. The maximum atomic E-state index is 11.2. The van der Waals surface area contributed by atoms with Crippen LogP contribution in [0, 0.1) is 0 Å². The van der Waals surface area contributed by atoms with E-state index in [-0.39, 0.29) is 24.0 Å². The lowest BCUT2D eigenvalue weighted by atomic mass is 10.0. The van der Waals surface area contributed by atoms with Gasteiger partial charge in [0.2, 0.25) is 5.91 Å². The second kappa shape index (κ2) is 6.68. The van der Waals surface area contributed by atoms with Crippen molar-refractivity contribution in [3.63, 3.8) is 0 Å². The lowest BCUT2D eigenvalue weighted by Gasteiger charge is -2.21. The maximum Gasteiger partial charge on any atom is 0.313 e. The van der Waals surface area contributed by atoms with Gasteiger partial charge in [-0.05, 0) is 13.3 Å². The van der Waals surface area contributed by atoms with Gasteiger partial charge in [0.25, 0.3) is 0 Å². The zero-order valence-electron chi connectivity index (χ0n) is 8.95. The van der Waals surface area contributed by atoms with Crippen LogP contribution < -0.4 is 5.32 Å². The van der Waals surface area contributed by atoms with E-state index in [1.54, 1.807) is 6.92 Å². The van der Waals surface area contributed by atoms with Gasteiger partial charge in [-0.15, -0.1) is 11.8 Å². The zero-order valence-corrected chi connectivity index (χ0v) is 9.76. The van der Waals surface area contributed by atoms with Gasteiger partial charge in [-0.1, -0.05) is 6.92 Å². The van der Waals surface area contributed by atoms with E-state index >= 15 is 0 Å². The molecule has 0 aliphatic heterocycles. The van der Waals surface area contributed by atoms with Crippen molar-refractivity contribution < 1.29 is 19.8 Å². The van der Waals surface area contributed by atoms with Gasteiger partial charge in [0.15, 0.2) is 0 Å². The summed E-state index contributed by atoms with van der Waals surface area (Å²) in [6, 6.07) is 0. The van der Waals surface area contributed by atoms with Crippen LogP contribution in [0.1, 0.15) is 20.3 Å². The Morgan fingerprint density at radius 1 is 1.40 bits per heavy atom. The van der Waals surface area contributed by atoms with Gasteiger partial charge < -0.3 is 15.5 Å². The Hall–Kier alpha value is -0.750. The largest absolute Gasteiger partial charge is 0.481 e. The minimum absolute atomic E-state index is 0.0857. The van der Waals surface area contributed by atoms with Crippen LogP contribution in [0.5, 0.6) is 0 Å². The van der Waals surface area contributed by atoms with Gasteiger partial charge in [0, 0.05) is 6.54 Å². The Morgan fingerprint density at radius 3 is 2.47 bits per heavy atom. The summed E-state index contributed by atoms with van der Waals surface area (Å²) < 4.78 is 0. The van der Waals surface area contributed by atoms with Gasteiger partial charge in [-0.3, -0.25) is 9.59 Å². The van der Waals surface area contributed by atoms with Crippen LogP contribution >= 0.6 is 11.8 Å². The van der Waals surface area contributed by atoms with E-state index in [0.29, 0.717) is 6.42 Å². The molecule has 1 atom stereocenters. The number of carboxylic acids is 1. The molecule has 15 heavy (non-hydrogen) atoms. The quantitative estimate of drug-likeness (QED) is 0.582. The number of rotatable bonds is 7. The topological polar surface area (TPSA) is 86.6 Å². The molecule has 88 valence electrons. The molecule has 0 fully saturated rings. The highest BCUT2D eigenvalue weighted by Crippen LogP contribution is 2.06. The number of hydrogen-bond donors (Lipinski definition) is 3. The summed E-state index contributed by atoms with van der Waals surface area (Å²) in [7, 11) is 0. The van der Waals surface area contributed by atoms with Crippen LogP contribution in [-0.2, 0) is 9.59 Å². The number of thioether (sulfide) groups is 1. The first kappa shape index (κ1) is 14.2. The second-order valence-electron chi connectivity index (χ2n) is 3.51. The number of nitrogens with one attached hydrogen (secondary N) is 1. The number of hydrogen-bond acceptors (Lipinski definition) is 4. The summed E-state index contributed by atoms with van der Waals surface area (Å²) >= 11 is 1.03. The maximum absolute atomic E-state index is 11.2. The van der Waals surface area contributed by atoms with Gasteiger partial charge in [-0.25, -0.2) is 0 Å². The fourth-order valence-electron chi connectivity index (χ4n) is 0.696. The molecule has 0 aromatic heterocycles. The van der Waals surface area contributed by atoms with Crippen molar-refractivity contribution in [1.82, 2.24) is 5.32 Å². The molecule has 0 bridgehead atoms. The minimum atomic E-state index is -0.937. The van der Waals surface area contributed by atoms with E-state index < -0.39 is 11.6 Å². The molecule has 3 N–H and O–H groups in total. The van der Waals surface area contributed by atoms with Gasteiger partial charge >= 0.3 is 5.97 Å². The summed E-state index contributed by atoms with van der Waals surface area (Å²) in [5.41, 5.74) is -0.896. The minimum Gasteiger partial charge on any atom is -0.481 e. The molecule has 0 saturated carbocycles. The highest BCUT2D eigenvalue weighted by atomic mass is 32.2. The van der Waals surface area contributed by atoms with Crippen LogP contribution in [0.3, 0.4) is 0 Å². The first-order valence-electron chi connectivity index (χ1n) is 4.66. The Bertz CT molecular complexity index is 230. The van der Waals surface area contributed by atoms with E-state index in [4.69, 9.17) is 5.11 Å². The monoisotopic (exact) mass is 235 g/mol. The number of carbonyl (C=O) groups excluding carboxylic acids is 1. The third-order valence-electron chi connectivity index (χ3n) is 1.89. The SMILES string of the molecule is CCC(C)(O)CNC(=O)CSCC(=O)O. The Balaban J connectivity index is 3.62. The molecule has 0 aromatic rings. The van der Waals surface area contributed by atoms with E-state index in [1.165, 1.54) is 0 Å². The fourth-order valence-corrected chi connectivity index (χ4v) is 1.26. The highest BCUT2D eigenvalue weighted by Gasteiger charge is 2.18. The van der Waals surface area contributed by atoms with E-state index in [0.717, 1.165) is 11.8 Å². The van der Waals surface area contributed by atoms with Crippen molar-refractivity contribution >= 4 is 23.6 Å². The standard InChI is InChI=1S/C9H17NO4S/c1-3-9(2,14)6-10-7(11)4-15-5-8(12)13/h14H,3-6H2,1-2H3,(H,10,11)(H,12,13). The van der Waals surface area contributed by atoms with Crippen LogP contribution in [0.15, 0.2) is 0 Å². The average molecular weight is 235 g/mol. The fraction of sp³-hybridized carbons (Fsp3) is 0.778. The molecule has 6 heteroatoms. The van der Waals surface area contributed by atoms with Crippen molar-refractivity contribution in [3.8, 4) is 0 Å². The molecule has 1 amide bonds. The smallest absolute Gasteiger partial charge is 0.313 e. The predicted octanol–water partition coefficient (Wildman–Crippen LogP) is 0.0814. The summed E-state index contributed by atoms with van der Waals surface area (Å²) in [6.45, 7) is 3.65. The molecule has 0 aromatic carbocycles. The average Bonchev–Trinajstić information content (AvgIpc) is 2.14. The van der Waals surface area contributed by atoms with E-state index in [1.807, 2.05) is 6.92 Å². The van der Waals surface area contributed by atoms with Crippen molar-refractivity contribution in [2.24, 2.45) is 0 Å². The Kier molecular flexibility index (Phi) is 6.35. The lowest BCUT2D eigenvalue weighted by molar-refractivity contribution is -0.133. The molecular weight excluding hydrogens is 218 g/mol. The van der Waals surface area contributed by atoms with Gasteiger partial charge in [-0.2, -0.15) is 0 Å². The number of aliphatic hydroxyl groups is 1. The number of amides is 1. The van der Waals surface area contributed by atoms with E-state index in [2.05, 4.69) is 5.32 Å². The first-order chi connectivity index (χ1) is 6.87. The van der Waals surface area contributed by atoms with Crippen LogP contribution in [-0.4, -0.2) is 45.7 Å². The second-order valence-corrected chi connectivity index (χ2v) is 4.50. The van der Waals surface area contributed by atoms with Crippen LogP contribution in [0.25, 0.3) is 0 Å². The Labute approximate surface area is 93.2 Å². The van der Waals surface area contributed by atoms with Gasteiger partial charge in [0.05, 0.1) is 17.1 Å². The third kappa shape index (κ3) is 8.26. The zero-order chi connectivity index (χ0) is 11.9. The Morgan fingerprint density at radius 2 is 2.00 bits per heavy atom. The molecule has 0 heterocycles. The summed E-state index contributed by atoms with van der Waals surface area (Å²) in [5.74, 6) is -1.17. The van der Waals surface area contributed by atoms with Gasteiger partial charge in [0.1, 0.15) is 0 Å². The predicted molar refractivity (Wildman–Crippen MR) is 58.9 cm³/mol. The van der Waals surface area contributed by atoms with Crippen molar-refractivity contribution in [3.05, 3.63) is 0 Å². The summed E-state index contributed by atoms with van der Waals surface area (Å²) in [6.07, 6.45) is 0.551. The number of aliphatic carboxylic acids is 1. The highest BCUT2D eigenvalue weighted by molar-refractivity contribution is 8.00. The molecule has 0 aliphatic carbocycles. The van der Waals surface area contributed by atoms with Crippen LogP contribution in [0.4, 0.5) is 0 Å². The van der Waals surface area contributed by atoms with Crippen LogP contribution in [0.2, 0.25) is 0 Å².